The molecular formula is C20H27FN4O2S. The predicted octanol–water partition coefficient (Wildman–Crippen LogP) is 2.39. The van der Waals surface area contributed by atoms with E-state index < -0.39 is 11.4 Å². The lowest BCUT2D eigenvalue weighted by Gasteiger charge is -2.20. The normalized spacial score (nSPS) is 13.7. The van der Waals surface area contributed by atoms with Gasteiger partial charge in [0, 0.05) is 30.1 Å². The number of carbonyl (C=O) groups excluding carboxylic acids is 1. The Kier molecular flexibility index (Phi) is 7.95. The summed E-state index contributed by atoms with van der Waals surface area (Å²) in [6.07, 6.45) is 0. The Morgan fingerprint density at radius 1 is 1.25 bits per heavy atom. The maximum atomic E-state index is 13.6. The van der Waals surface area contributed by atoms with E-state index in [9.17, 15) is 14.3 Å². The molecule has 8 heteroatoms. The number of hydrogen-bond donors (Lipinski definition) is 4. The van der Waals surface area contributed by atoms with Gasteiger partial charge in [-0.05, 0) is 49.9 Å². The highest BCUT2D eigenvalue weighted by atomic mass is 32.1. The maximum Gasteiger partial charge on any atom is 0.251 e. The summed E-state index contributed by atoms with van der Waals surface area (Å²) in [4.78, 5) is 17.4. The second-order valence-corrected chi connectivity index (χ2v) is 7.54. The molecule has 4 N–H and O–H groups in total. The van der Waals surface area contributed by atoms with Gasteiger partial charge in [0.1, 0.15) is 11.4 Å². The van der Waals surface area contributed by atoms with Crippen LogP contribution in [0.4, 0.5) is 4.39 Å². The number of nitrogens with zero attached hydrogens (tertiary/aromatic N) is 1. The van der Waals surface area contributed by atoms with Gasteiger partial charge in [-0.25, -0.2) is 9.38 Å². The minimum atomic E-state index is -1.04. The summed E-state index contributed by atoms with van der Waals surface area (Å²) in [5, 5.41) is 21.4. The highest BCUT2D eigenvalue weighted by molar-refractivity contribution is 7.10. The van der Waals surface area contributed by atoms with Gasteiger partial charge in [0.25, 0.3) is 5.91 Å². The van der Waals surface area contributed by atoms with E-state index >= 15 is 0 Å². The van der Waals surface area contributed by atoms with Crippen LogP contribution in [0, 0.1) is 12.7 Å². The van der Waals surface area contributed by atoms with Crippen LogP contribution in [0.1, 0.15) is 34.6 Å². The van der Waals surface area contributed by atoms with Crippen LogP contribution < -0.4 is 16.0 Å². The average molecular weight is 407 g/mol. The van der Waals surface area contributed by atoms with E-state index in [-0.39, 0.29) is 18.0 Å². The van der Waals surface area contributed by atoms with Crippen molar-refractivity contribution in [3.8, 4) is 0 Å². The molecule has 0 fully saturated rings. The van der Waals surface area contributed by atoms with Crippen molar-refractivity contribution in [3.05, 3.63) is 57.5 Å². The zero-order valence-electron chi connectivity index (χ0n) is 16.4. The lowest BCUT2D eigenvalue weighted by molar-refractivity contribution is 0.0711. The molecule has 152 valence electrons. The molecule has 2 aromatic rings. The zero-order valence-corrected chi connectivity index (χ0v) is 17.2. The van der Waals surface area contributed by atoms with Gasteiger partial charge < -0.3 is 21.1 Å². The molecule has 0 saturated carbocycles. The van der Waals surface area contributed by atoms with Crippen molar-refractivity contribution < 1.29 is 14.3 Å². The minimum Gasteiger partial charge on any atom is -0.383 e. The topological polar surface area (TPSA) is 85.8 Å². The summed E-state index contributed by atoms with van der Waals surface area (Å²) in [6.45, 7) is 6.99. The van der Waals surface area contributed by atoms with Crippen LogP contribution in [0.25, 0.3) is 0 Å². The summed E-state index contributed by atoms with van der Waals surface area (Å²) < 4.78 is 13.6. The number of rotatable bonds is 8. The molecule has 0 spiro atoms. The number of aliphatic imine (C=N–C) groups is 1. The third-order valence-electron chi connectivity index (χ3n) is 4.08. The SMILES string of the molecule is CCNC(=NCC(C)(O)c1cccs1)NCCNC(=O)c1ccc(C)c(F)c1. The smallest absolute Gasteiger partial charge is 0.251 e. The van der Waals surface area contributed by atoms with Gasteiger partial charge in [-0.2, -0.15) is 0 Å². The summed E-state index contributed by atoms with van der Waals surface area (Å²) in [5.74, 6) is -0.177. The highest BCUT2D eigenvalue weighted by Gasteiger charge is 2.23. The van der Waals surface area contributed by atoms with E-state index in [1.165, 1.54) is 17.4 Å². The zero-order chi connectivity index (χ0) is 20.6. The number of halogens is 1. The first-order chi connectivity index (χ1) is 13.3. The Labute approximate surface area is 168 Å². The Morgan fingerprint density at radius 3 is 2.64 bits per heavy atom. The Bertz CT molecular complexity index is 807. The number of amides is 1. The monoisotopic (exact) mass is 406 g/mol. The van der Waals surface area contributed by atoms with Crippen LogP contribution >= 0.6 is 11.3 Å². The van der Waals surface area contributed by atoms with E-state index in [1.54, 1.807) is 26.0 Å². The lowest BCUT2D eigenvalue weighted by Crippen LogP contribution is -2.42. The Balaban J connectivity index is 1.84. The third-order valence-corrected chi connectivity index (χ3v) is 5.20. The number of aryl methyl sites for hydroxylation is 1. The number of thiophene rings is 1. The number of nitrogens with one attached hydrogen (secondary N) is 3. The van der Waals surface area contributed by atoms with Crippen LogP contribution in [0.3, 0.4) is 0 Å². The van der Waals surface area contributed by atoms with Gasteiger partial charge in [-0.1, -0.05) is 12.1 Å². The maximum absolute atomic E-state index is 13.6. The van der Waals surface area contributed by atoms with E-state index in [0.29, 0.717) is 31.2 Å². The summed E-state index contributed by atoms with van der Waals surface area (Å²) in [6, 6.07) is 8.18. The minimum absolute atomic E-state index is 0.206. The first-order valence-corrected chi connectivity index (χ1v) is 10.0. The fourth-order valence-corrected chi connectivity index (χ4v) is 3.21. The van der Waals surface area contributed by atoms with Crippen LogP contribution in [0.5, 0.6) is 0 Å². The van der Waals surface area contributed by atoms with Crippen LogP contribution in [-0.4, -0.2) is 43.2 Å². The van der Waals surface area contributed by atoms with Crippen molar-refractivity contribution in [2.45, 2.75) is 26.4 Å². The number of carbonyl (C=O) groups is 1. The largest absolute Gasteiger partial charge is 0.383 e. The molecule has 0 aliphatic heterocycles. The van der Waals surface area contributed by atoms with Crippen molar-refractivity contribution >= 4 is 23.2 Å². The molecule has 2 rings (SSSR count). The first-order valence-electron chi connectivity index (χ1n) is 9.16. The van der Waals surface area contributed by atoms with E-state index in [2.05, 4.69) is 20.9 Å². The van der Waals surface area contributed by atoms with Gasteiger partial charge in [0.05, 0.1) is 6.54 Å². The van der Waals surface area contributed by atoms with Crippen molar-refractivity contribution in [1.82, 2.24) is 16.0 Å². The fraction of sp³-hybridized carbons (Fsp3) is 0.400. The van der Waals surface area contributed by atoms with Crippen molar-refractivity contribution in [2.75, 3.05) is 26.2 Å². The standard InChI is InChI=1S/C20H27FN4O2S/c1-4-22-19(25-13-20(3,27)17-6-5-11-28-17)24-10-9-23-18(26)15-8-7-14(2)16(21)12-15/h5-8,11-12,27H,4,9-10,13H2,1-3H3,(H,23,26)(H2,22,24,25). The molecule has 1 amide bonds. The van der Waals surface area contributed by atoms with Gasteiger partial charge in [0.2, 0.25) is 0 Å². The Morgan fingerprint density at radius 2 is 2.00 bits per heavy atom. The molecule has 1 unspecified atom stereocenters. The van der Waals surface area contributed by atoms with Gasteiger partial charge in [0.15, 0.2) is 5.96 Å². The predicted molar refractivity (Wildman–Crippen MR) is 111 cm³/mol. The van der Waals surface area contributed by atoms with E-state index in [4.69, 9.17) is 0 Å². The summed E-state index contributed by atoms with van der Waals surface area (Å²) in [5.41, 5.74) is -0.251. The summed E-state index contributed by atoms with van der Waals surface area (Å²) in [7, 11) is 0. The van der Waals surface area contributed by atoms with Crippen LogP contribution in [-0.2, 0) is 5.60 Å². The van der Waals surface area contributed by atoms with Crippen LogP contribution in [0.2, 0.25) is 0 Å². The van der Waals surface area contributed by atoms with Crippen molar-refractivity contribution in [1.29, 1.82) is 0 Å². The van der Waals surface area contributed by atoms with Gasteiger partial charge >= 0.3 is 0 Å². The first kappa shape index (κ1) is 21.8. The highest BCUT2D eigenvalue weighted by Crippen LogP contribution is 2.25. The average Bonchev–Trinajstić information content (AvgIpc) is 3.21. The molecule has 0 aliphatic carbocycles. The van der Waals surface area contributed by atoms with Gasteiger partial charge in [-0.15, -0.1) is 11.3 Å². The molecule has 0 radical (unpaired) electrons. The quantitative estimate of drug-likeness (QED) is 0.308. The molecule has 28 heavy (non-hydrogen) atoms. The molecular weight excluding hydrogens is 379 g/mol. The molecule has 1 aromatic carbocycles. The second kappa shape index (κ2) is 10.2. The number of aliphatic hydroxyl groups is 1. The third kappa shape index (κ3) is 6.31. The molecule has 6 nitrogen and oxygen atoms in total. The van der Waals surface area contributed by atoms with Gasteiger partial charge in [-0.3, -0.25) is 4.79 Å². The lowest BCUT2D eigenvalue weighted by atomic mass is 10.1. The second-order valence-electron chi connectivity index (χ2n) is 6.59. The molecule has 0 bridgehead atoms. The van der Waals surface area contributed by atoms with Crippen molar-refractivity contribution in [3.63, 3.8) is 0 Å². The molecule has 1 atom stereocenters. The van der Waals surface area contributed by atoms with Crippen molar-refractivity contribution in [2.24, 2.45) is 4.99 Å². The van der Waals surface area contributed by atoms with Crippen LogP contribution in [0.15, 0.2) is 40.7 Å². The summed E-state index contributed by atoms with van der Waals surface area (Å²) >= 11 is 1.49. The van der Waals surface area contributed by atoms with E-state index in [1.807, 2.05) is 24.4 Å². The molecule has 1 aromatic heterocycles. The fourth-order valence-electron chi connectivity index (χ4n) is 2.43. The molecule has 0 saturated heterocycles. The number of hydrogen-bond acceptors (Lipinski definition) is 4. The Hall–Kier alpha value is -2.45. The number of benzene rings is 1. The molecule has 1 heterocycles. The number of guanidine groups is 1. The molecule has 0 aliphatic rings. The van der Waals surface area contributed by atoms with E-state index in [0.717, 1.165) is 4.88 Å².